The molecule has 0 spiro atoms. The van der Waals surface area contributed by atoms with Crippen LogP contribution in [0, 0.1) is 11.8 Å². The third-order valence-corrected chi connectivity index (χ3v) is 10.4. The average molecular weight is 755 g/mol. The van der Waals surface area contributed by atoms with Gasteiger partial charge in [0.1, 0.15) is 54.6 Å². The van der Waals surface area contributed by atoms with Crippen molar-refractivity contribution in [3.8, 4) is 0 Å². The van der Waals surface area contributed by atoms with Gasteiger partial charge in [-0.2, -0.15) is 0 Å². The number of ether oxygens (including phenoxy) is 8. The molecule has 19 nitrogen and oxygen atoms in total. The summed E-state index contributed by atoms with van der Waals surface area (Å²) in [5, 5.41) is 102. The SMILES string of the molecule is CC1O[C@@H](OCC2O[C@@H](OC3=C(C4CCC(OCCO)C(OCCO)C4)OC4CC(OCCO)CC(O)C4C3=O)C(O)C(O)[C@@H]2O)C(O)C(O)[C@H]1O. The molecule has 52 heavy (non-hydrogen) atoms. The van der Waals surface area contributed by atoms with E-state index < -0.39 is 116 Å². The Balaban J connectivity index is 1.40. The van der Waals surface area contributed by atoms with Crippen molar-refractivity contribution in [2.75, 3.05) is 46.2 Å². The van der Waals surface area contributed by atoms with Gasteiger partial charge in [-0.1, -0.05) is 0 Å². The maximum atomic E-state index is 14.3. The summed E-state index contributed by atoms with van der Waals surface area (Å²) < 4.78 is 46.7. The third kappa shape index (κ3) is 9.24. The number of hydrogen-bond acceptors (Lipinski definition) is 19. The molecule has 0 aromatic carbocycles. The molecule has 5 rings (SSSR count). The van der Waals surface area contributed by atoms with Crippen molar-refractivity contribution in [2.45, 2.75) is 131 Å². The van der Waals surface area contributed by atoms with E-state index >= 15 is 0 Å². The molecule has 0 radical (unpaired) electrons. The van der Waals surface area contributed by atoms with E-state index in [0.29, 0.717) is 12.8 Å². The van der Waals surface area contributed by atoms with Gasteiger partial charge in [-0.25, -0.2) is 0 Å². The number of ketones is 1. The van der Waals surface area contributed by atoms with Crippen LogP contribution in [0.5, 0.6) is 0 Å². The molecule has 0 aromatic heterocycles. The Kier molecular flexibility index (Phi) is 15.0. The van der Waals surface area contributed by atoms with Crippen LogP contribution < -0.4 is 0 Å². The van der Waals surface area contributed by atoms with Gasteiger partial charge >= 0.3 is 0 Å². The quantitative estimate of drug-likeness (QED) is 0.0754. The molecule has 10 N–H and O–H groups in total. The molecule has 3 heterocycles. The molecule has 2 aliphatic carbocycles. The smallest absolute Gasteiger partial charge is 0.229 e. The Morgan fingerprint density at radius 3 is 2.00 bits per heavy atom. The van der Waals surface area contributed by atoms with Crippen molar-refractivity contribution in [1.29, 1.82) is 0 Å². The zero-order valence-electron chi connectivity index (χ0n) is 28.9. The van der Waals surface area contributed by atoms with Gasteiger partial charge in [0.05, 0.1) is 82.7 Å². The normalized spacial score (nSPS) is 44.3. The molecule has 0 bridgehead atoms. The van der Waals surface area contributed by atoms with E-state index in [-0.39, 0.29) is 70.4 Å². The van der Waals surface area contributed by atoms with Crippen LogP contribution in [0.15, 0.2) is 11.5 Å². The van der Waals surface area contributed by atoms with Gasteiger partial charge in [0, 0.05) is 18.8 Å². The summed E-state index contributed by atoms with van der Waals surface area (Å²) in [6.45, 7) is 0.242. The second-order valence-corrected chi connectivity index (χ2v) is 13.9. The van der Waals surface area contributed by atoms with Gasteiger partial charge in [-0.05, 0) is 26.2 Å². The fourth-order valence-corrected chi connectivity index (χ4v) is 7.60. The number of rotatable bonds is 15. The minimum Gasteiger partial charge on any atom is -0.489 e. The predicted molar refractivity (Wildman–Crippen MR) is 170 cm³/mol. The number of carbonyl (C=O) groups is 1. The summed E-state index contributed by atoms with van der Waals surface area (Å²) in [6, 6.07) is 0. The van der Waals surface area contributed by atoms with Gasteiger partial charge < -0.3 is 89.0 Å². The van der Waals surface area contributed by atoms with Crippen LogP contribution in [0.25, 0.3) is 0 Å². The van der Waals surface area contributed by atoms with E-state index in [1.54, 1.807) is 0 Å². The fourth-order valence-electron chi connectivity index (χ4n) is 7.60. The number of aliphatic hydroxyl groups is 10. The van der Waals surface area contributed by atoms with E-state index in [9.17, 15) is 55.9 Å². The number of carbonyl (C=O) groups excluding carboxylic acids is 1. The number of allylic oxidation sites excluding steroid dienone is 2. The van der Waals surface area contributed by atoms with Crippen LogP contribution in [-0.2, 0) is 42.7 Å². The second-order valence-electron chi connectivity index (χ2n) is 13.9. The van der Waals surface area contributed by atoms with Crippen molar-refractivity contribution in [1.82, 2.24) is 0 Å². The van der Waals surface area contributed by atoms with Crippen LogP contribution in [0.1, 0.15) is 39.0 Å². The highest BCUT2D eigenvalue weighted by Crippen LogP contribution is 2.44. The van der Waals surface area contributed by atoms with Crippen molar-refractivity contribution in [3.05, 3.63) is 11.5 Å². The van der Waals surface area contributed by atoms with Crippen LogP contribution >= 0.6 is 0 Å². The molecular formula is C33H54O19. The lowest BCUT2D eigenvalue weighted by atomic mass is 9.75. The first-order valence-electron chi connectivity index (χ1n) is 17.9. The fraction of sp³-hybridized carbons (Fsp3) is 0.909. The molecule has 19 heteroatoms. The molecule has 300 valence electrons. The van der Waals surface area contributed by atoms with E-state index in [0.717, 1.165) is 0 Å². The van der Waals surface area contributed by atoms with Gasteiger partial charge in [0.25, 0.3) is 0 Å². The Morgan fingerprint density at radius 2 is 1.31 bits per heavy atom. The molecule has 4 fully saturated rings. The standard InChI is InChI=1S/C33H54O19/c1-14-23(38)26(41)28(43)32(49-14)48-13-21-24(39)27(42)29(44)33(51-21)52-31-25(40)22-17(37)11-16(45-7-4-34)12-20(22)50-30(31)15-2-3-18(46-8-5-35)19(10-15)47-9-6-36/h14-24,26-29,32-39,41-44H,2-13H2,1H3/t14?,15?,16?,17?,18?,19?,20?,21?,22?,23-,24+,26?,27?,28?,29?,32+,33-/m0/s1. The minimum absolute atomic E-state index is 0.00745. The van der Waals surface area contributed by atoms with E-state index in [4.69, 9.17) is 37.9 Å². The molecule has 17 atom stereocenters. The number of Topliss-reactive ketones (excluding diaryl/α,β-unsaturated/α-hetero) is 1. The summed E-state index contributed by atoms with van der Waals surface area (Å²) in [4.78, 5) is 14.3. The van der Waals surface area contributed by atoms with Gasteiger partial charge in [0.2, 0.25) is 17.8 Å². The van der Waals surface area contributed by atoms with Crippen molar-refractivity contribution >= 4 is 5.78 Å². The Hall–Kier alpha value is -1.63. The molecule has 0 aromatic rings. The maximum Gasteiger partial charge on any atom is 0.229 e. The van der Waals surface area contributed by atoms with E-state index in [1.165, 1.54) is 6.92 Å². The second kappa shape index (κ2) is 18.8. The lowest BCUT2D eigenvalue weighted by Crippen LogP contribution is -2.61. The zero-order chi connectivity index (χ0) is 37.7. The predicted octanol–water partition coefficient (Wildman–Crippen LogP) is -4.46. The van der Waals surface area contributed by atoms with Gasteiger partial charge in [-0.15, -0.1) is 0 Å². The molecule has 0 amide bonds. The summed E-state index contributed by atoms with van der Waals surface area (Å²) >= 11 is 0. The number of aliphatic hydroxyl groups excluding tert-OH is 10. The van der Waals surface area contributed by atoms with Crippen molar-refractivity contribution in [2.24, 2.45) is 11.8 Å². The molecule has 2 saturated heterocycles. The van der Waals surface area contributed by atoms with E-state index in [2.05, 4.69) is 0 Å². The summed E-state index contributed by atoms with van der Waals surface area (Å²) in [7, 11) is 0. The van der Waals surface area contributed by atoms with Crippen LogP contribution in [0.3, 0.4) is 0 Å². The molecule has 2 saturated carbocycles. The van der Waals surface area contributed by atoms with Crippen molar-refractivity contribution in [3.63, 3.8) is 0 Å². The zero-order valence-corrected chi connectivity index (χ0v) is 28.9. The highest BCUT2D eigenvalue weighted by molar-refractivity contribution is 5.97. The van der Waals surface area contributed by atoms with E-state index in [1.807, 2.05) is 0 Å². The lowest BCUT2D eigenvalue weighted by molar-refractivity contribution is -0.324. The van der Waals surface area contributed by atoms with Crippen LogP contribution in [-0.4, -0.2) is 195 Å². The van der Waals surface area contributed by atoms with Crippen LogP contribution in [0.4, 0.5) is 0 Å². The summed E-state index contributed by atoms with van der Waals surface area (Å²) in [5.74, 6) is -2.61. The monoisotopic (exact) mass is 754 g/mol. The molecule has 5 aliphatic rings. The lowest BCUT2D eigenvalue weighted by Gasteiger charge is -2.46. The first-order chi connectivity index (χ1) is 24.9. The first kappa shape index (κ1) is 41.5. The topological polar surface area (TPSA) is 293 Å². The summed E-state index contributed by atoms with van der Waals surface area (Å²) in [6.07, 6.45) is -18.1. The number of hydrogen-bond donors (Lipinski definition) is 10. The molecule has 3 aliphatic heterocycles. The Labute approximate surface area is 300 Å². The molecular weight excluding hydrogens is 700 g/mol. The summed E-state index contributed by atoms with van der Waals surface area (Å²) in [5.41, 5.74) is 0. The Bertz CT molecular complexity index is 1170. The first-order valence-corrected chi connectivity index (χ1v) is 17.9. The van der Waals surface area contributed by atoms with Crippen LogP contribution in [0.2, 0.25) is 0 Å². The highest BCUT2D eigenvalue weighted by atomic mass is 16.7. The third-order valence-electron chi connectivity index (χ3n) is 10.4. The van der Waals surface area contributed by atoms with Crippen molar-refractivity contribution < 1.29 is 93.8 Å². The molecule has 13 unspecified atom stereocenters. The maximum absolute atomic E-state index is 14.3. The Morgan fingerprint density at radius 1 is 0.673 bits per heavy atom. The van der Waals surface area contributed by atoms with Gasteiger partial charge in [0.15, 0.2) is 6.29 Å². The number of fused-ring (bicyclic) bond motifs is 1. The average Bonchev–Trinajstić information content (AvgIpc) is 3.13. The minimum atomic E-state index is -1.89. The largest absolute Gasteiger partial charge is 0.489 e. The van der Waals surface area contributed by atoms with Gasteiger partial charge in [-0.3, -0.25) is 4.79 Å². The highest BCUT2D eigenvalue weighted by Gasteiger charge is 2.53.